The van der Waals surface area contributed by atoms with Gasteiger partial charge in [0.25, 0.3) is 5.91 Å². The summed E-state index contributed by atoms with van der Waals surface area (Å²) in [6.45, 7) is 3.72. The first-order chi connectivity index (χ1) is 13.7. The fourth-order valence-corrected chi connectivity index (χ4v) is 5.86. The number of benzene rings is 1. The van der Waals surface area contributed by atoms with Crippen molar-refractivity contribution >= 4 is 22.8 Å². The first-order valence-electron chi connectivity index (χ1n) is 10.7. The molecule has 2 bridgehead atoms. The second kappa shape index (κ2) is 6.90. The SMILES string of the molecule is CCC[C@H]1[C@H]2C[C@H](CN(C(=O)c3ccc4nc[nH]c4c3)C2)[C@@H]2CCCC(=O)N21. The number of amides is 2. The molecule has 148 valence electrons. The van der Waals surface area contributed by atoms with Gasteiger partial charge in [0.2, 0.25) is 5.91 Å². The molecule has 0 unspecified atom stereocenters. The van der Waals surface area contributed by atoms with E-state index >= 15 is 0 Å². The summed E-state index contributed by atoms with van der Waals surface area (Å²) in [6, 6.07) is 6.32. The molecule has 1 N–H and O–H groups in total. The van der Waals surface area contributed by atoms with E-state index in [1.54, 1.807) is 6.33 Å². The maximum Gasteiger partial charge on any atom is 0.253 e. The van der Waals surface area contributed by atoms with Crippen LogP contribution in [0.1, 0.15) is 55.8 Å². The molecule has 0 saturated carbocycles. The van der Waals surface area contributed by atoms with Gasteiger partial charge in [-0.2, -0.15) is 0 Å². The number of aromatic amines is 1. The predicted octanol–water partition coefficient (Wildman–Crippen LogP) is 3.20. The normalized spacial score (nSPS) is 29.8. The van der Waals surface area contributed by atoms with E-state index in [9.17, 15) is 9.59 Å². The number of hydrogen-bond donors (Lipinski definition) is 1. The molecule has 6 nitrogen and oxygen atoms in total. The van der Waals surface area contributed by atoms with E-state index in [0.29, 0.717) is 36.2 Å². The monoisotopic (exact) mass is 380 g/mol. The Balaban J connectivity index is 1.42. The lowest BCUT2D eigenvalue weighted by molar-refractivity contribution is -0.152. The van der Waals surface area contributed by atoms with Crippen molar-refractivity contribution in [2.45, 2.75) is 57.5 Å². The van der Waals surface area contributed by atoms with Crippen LogP contribution in [-0.2, 0) is 4.79 Å². The van der Waals surface area contributed by atoms with Crippen molar-refractivity contribution in [1.29, 1.82) is 0 Å². The summed E-state index contributed by atoms with van der Waals surface area (Å²) in [5, 5.41) is 0. The van der Waals surface area contributed by atoms with E-state index < -0.39 is 0 Å². The van der Waals surface area contributed by atoms with Gasteiger partial charge in [-0.05, 0) is 55.7 Å². The van der Waals surface area contributed by atoms with Crippen molar-refractivity contribution in [3.8, 4) is 0 Å². The standard InChI is InChI=1S/C22H28N4O2/c1-2-4-19-15-9-16(20-5-3-6-21(27)26(19)20)12-25(11-15)22(28)14-7-8-17-18(10-14)24-13-23-17/h7-8,10,13,15-16,19-20H,2-6,9,11-12H2,1H3,(H,23,24)/t15-,16+,19-,20-/m0/s1. The van der Waals surface area contributed by atoms with Crippen molar-refractivity contribution < 1.29 is 9.59 Å². The Labute approximate surface area is 165 Å². The lowest BCUT2D eigenvalue weighted by atomic mass is 9.71. The summed E-state index contributed by atoms with van der Waals surface area (Å²) in [7, 11) is 0. The number of H-pyrrole nitrogens is 1. The van der Waals surface area contributed by atoms with Gasteiger partial charge in [0, 0.05) is 37.2 Å². The average molecular weight is 380 g/mol. The number of aromatic nitrogens is 2. The second-order valence-corrected chi connectivity index (χ2v) is 8.72. The molecular formula is C22H28N4O2. The number of likely N-dealkylation sites (tertiary alicyclic amines) is 1. The Morgan fingerprint density at radius 2 is 2.14 bits per heavy atom. The largest absolute Gasteiger partial charge is 0.345 e. The van der Waals surface area contributed by atoms with E-state index in [1.165, 1.54) is 0 Å². The molecule has 3 saturated heterocycles. The summed E-state index contributed by atoms with van der Waals surface area (Å²) < 4.78 is 0. The van der Waals surface area contributed by atoms with Crippen LogP contribution in [0.15, 0.2) is 24.5 Å². The molecular weight excluding hydrogens is 352 g/mol. The average Bonchev–Trinajstić information content (AvgIpc) is 3.18. The Morgan fingerprint density at radius 3 is 3.00 bits per heavy atom. The number of nitrogens with zero attached hydrogens (tertiary/aromatic N) is 3. The molecule has 5 rings (SSSR count). The van der Waals surface area contributed by atoms with E-state index in [4.69, 9.17) is 0 Å². The van der Waals surface area contributed by atoms with Crippen molar-refractivity contribution in [3.05, 3.63) is 30.1 Å². The second-order valence-electron chi connectivity index (χ2n) is 8.72. The highest BCUT2D eigenvalue weighted by molar-refractivity contribution is 5.97. The van der Waals surface area contributed by atoms with Crippen molar-refractivity contribution in [2.24, 2.45) is 11.8 Å². The maximum absolute atomic E-state index is 13.3. The molecule has 3 aliphatic heterocycles. The first kappa shape index (κ1) is 17.7. The number of carbonyl (C=O) groups is 2. The van der Waals surface area contributed by atoms with E-state index in [1.807, 2.05) is 18.2 Å². The van der Waals surface area contributed by atoms with Gasteiger partial charge in [-0.25, -0.2) is 4.98 Å². The Bertz CT molecular complexity index is 907. The highest BCUT2D eigenvalue weighted by Crippen LogP contribution is 2.43. The van der Waals surface area contributed by atoms with Crippen LogP contribution >= 0.6 is 0 Å². The van der Waals surface area contributed by atoms with Crippen molar-refractivity contribution in [2.75, 3.05) is 13.1 Å². The summed E-state index contributed by atoms with van der Waals surface area (Å²) in [5.41, 5.74) is 2.50. The van der Waals surface area contributed by atoms with Gasteiger partial charge in [0.1, 0.15) is 0 Å². The van der Waals surface area contributed by atoms with Crippen LogP contribution in [0.25, 0.3) is 11.0 Å². The fraction of sp³-hybridized carbons (Fsp3) is 0.591. The van der Waals surface area contributed by atoms with Crippen LogP contribution in [0.3, 0.4) is 0 Å². The molecule has 3 fully saturated rings. The lowest BCUT2D eigenvalue weighted by Gasteiger charge is -2.56. The van der Waals surface area contributed by atoms with E-state index in [0.717, 1.165) is 61.8 Å². The van der Waals surface area contributed by atoms with Gasteiger partial charge in [0.05, 0.1) is 17.4 Å². The third-order valence-electron chi connectivity index (χ3n) is 7.04. The smallest absolute Gasteiger partial charge is 0.253 e. The summed E-state index contributed by atoms with van der Waals surface area (Å²) >= 11 is 0. The molecule has 0 spiro atoms. The summed E-state index contributed by atoms with van der Waals surface area (Å²) in [5.74, 6) is 1.26. The van der Waals surface area contributed by atoms with Crippen molar-refractivity contribution in [3.63, 3.8) is 0 Å². The van der Waals surface area contributed by atoms with Crippen LogP contribution in [0, 0.1) is 11.8 Å². The van der Waals surface area contributed by atoms with Crippen LogP contribution in [-0.4, -0.2) is 56.8 Å². The van der Waals surface area contributed by atoms with Crippen LogP contribution < -0.4 is 0 Å². The zero-order chi connectivity index (χ0) is 19.3. The number of piperidine rings is 3. The first-order valence-corrected chi connectivity index (χ1v) is 10.7. The van der Waals surface area contributed by atoms with Crippen LogP contribution in [0.5, 0.6) is 0 Å². The molecule has 4 atom stereocenters. The van der Waals surface area contributed by atoms with E-state index in [2.05, 4.69) is 26.7 Å². The number of carbonyl (C=O) groups excluding carboxylic acids is 2. The molecule has 1 aromatic carbocycles. The molecule has 3 aliphatic rings. The Kier molecular flexibility index (Phi) is 4.37. The Morgan fingerprint density at radius 1 is 1.29 bits per heavy atom. The topological polar surface area (TPSA) is 69.3 Å². The maximum atomic E-state index is 13.3. The molecule has 6 heteroatoms. The molecule has 0 radical (unpaired) electrons. The Hall–Kier alpha value is -2.37. The van der Waals surface area contributed by atoms with Crippen molar-refractivity contribution in [1.82, 2.24) is 19.8 Å². The minimum absolute atomic E-state index is 0.108. The lowest BCUT2D eigenvalue weighted by Crippen LogP contribution is -2.65. The summed E-state index contributed by atoms with van der Waals surface area (Å²) in [6.07, 6.45) is 7.71. The van der Waals surface area contributed by atoms with Gasteiger partial charge < -0.3 is 14.8 Å². The number of fused-ring (bicyclic) bond motifs is 5. The number of imidazole rings is 1. The quantitative estimate of drug-likeness (QED) is 0.889. The molecule has 1 aromatic heterocycles. The summed E-state index contributed by atoms with van der Waals surface area (Å²) in [4.78, 5) is 37.6. The highest BCUT2D eigenvalue weighted by Gasteiger charge is 2.49. The third kappa shape index (κ3) is 2.81. The molecule has 4 heterocycles. The molecule has 0 aliphatic carbocycles. The van der Waals surface area contributed by atoms with Crippen LogP contribution in [0.4, 0.5) is 0 Å². The zero-order valence-electron chi connectivity index (χ0n) is 16.4. The predicted molar refractivity (Wildman–Crippen MR) is 107 cm³/mol. The molecule has 2 amide bonds. The van der Waals surface area contributed by atoms with Gasteiger partial charge in [0.15, 0.2) is 0 Å². The number of nitrogens with one attached hydrogen (secondary N) is 1. The highest BCUT2D eigenvalue weighted by atomic mass is 16.2. The van der Waals surface area contributed by atoms with Gasteiger partial charge in [-0.1, -0.05) is 13.3 Å². The molecule has 2 aromatic rings. The van der Waals surface area contributed by atoms with Gasteiger partial charge >= 0.3 is 0 Å². The number of hydrogen-bond acceptors (Lipinski definition) is 3. The fourth-order valence-electron chi connectivity index (χ4n) is 5.86. The number of rotatable bonds is 3. The van der Waals surface area contributed by atoms with E-state index in [-0.39, 0.29) is 5.91 Å². The molecule has 28 heavy (non-hydrogen) atoms. The van der Waals surface area contributed by atoms with Gasteiger partial charge in [-0.15, -0.1) is 0 Å². The minimum atomic E-state index is 0.108. The van der Waals surface area contributed by atoms with Crippen LogP contribution in [0.2, 0.25) is 0 Å². The zero-order valence-corrected chi connectivity index (χ0v) is 16.4. The van der Waals surface area contributed by atoms with Gasteiger partial charge in [-0.3, -0.25) is 9.59 Å². The third-order valence-corrected chi connectivity index (χ3v) is 7.04. The minimum Gasteiger partial charge on any atom is -0.345 e.